The molecular formula is C56H74ClN7O16S. The number of alkyl carbamates (subject to hydrolysis) is 1. The van der Waals surface area contributed by atoms with Gasteiger partial charge in [0.25, 0.3) is 16.0 Å². The Balaban J connectivity index is 1.24. The van der Waals surface area contributed by atoms with Crippen LogP contribution in [0.1, 0.15) is 108 Å². The second-order valence-electron chi connectivity index (χ2n) is 20.4. The van der Waals surface area contributed by atoms with E-state index in [0.717, 1.165) is 23.3 Å². The third-order valence-corrected chi connectivity index (χ3v) is 15.3. The number of nitrogens with one attached hydrogen (secondary N) is 3. The molecule has 2 aliphatic rings. The summed E-state index contributed by atoms with van der Waals surface area (Å²) in [6, 6.07) is 13.7. The van der Waals surface area contributed by atoms with Crippen molar-refractivity contribution in [3.63, 3.8) is 0 Å². The van der Waals surface area contributed by atoms with E-state index in [0.29, 0.717) is 60.6 Å². The van der Waals surface area contributed by atoms with Gasteiger partial charge in [0.2, 0.25) is 17.7 Å². The van der Waals surface area contributed by atoms with Gasteiger partial charge in [0, 0.05) is 64.5 Å². The van der Waals surface area contributed by atoms with Crippen LogP contribution in [-0.2, 0) is 54.7 Å². The zero-order valence-corrected chi connectivity index (χ0v) is 48.8. The monoisotopic (exact) mass is 1170 g/mol. The van der Waals surface area contributed by atoms with E-state index in [1.807, 2.05) is 19.9 Å². The number of carbonyl (C=O) groups excluding carboxylic acids is 6. The number of esters is 1. The molecule has 2 aliphatic heterocycles. The van der Waals surface area contributed by atoms with E-state index in [-0.39, 0.29) is 55.5 Å². The van der Waals surface area contributed by atoms with Crippen molar-refractivity contribution in [3.05, 3.63) is 100 Å². The Hall–Kier alpha value is -6.93. The van der Waals surface area contributed by atoms with Crippen molar-refractivity contribution in [2.24, 2.45) is 5.10 Å². The summed E-state index contributed by atoms with van der Waals surface area (Å²) < 4.78 is 63.6. The molecule has 1 saturated heterocycles. The van der Waals surface area contributed by atoms with Crippen molar-refractivity contribution in [1.29, 1.82) is 0 Å². The third kappa shape index (κ3) is 18.0. The summed E-state index contributed by atoms with van der Waals surface area (Å²) in [5.41, 5.74) is 2.54. The Morgan fingerprint density at radius 3 is 2.38 bits per heavy atom. The number of likely N-dealkylation sites (N-methyl/N-ethyl adjacent to an activating group) is 1. The Bertz CT molecular complexity index is 2990. The second-order valence-corrected chi connectivity index (χ2v) is 22.1. The summed E-state index contributed by atoms with van der Waals surface area (Å²) in [5, 5.41) is 30.2. The predicted octanol–water partition coefficient (Wildman–Crippen LogP) is 6.28. The number of benzene rings is 3. The van der Waals surface area contributed by atoms with Gasteiger partial charge in [-0.05, 0) is 120 Å². The molecule has 5 atom stereocenters. The van der Waals surface area contributed by atoms with Gasteiger partial charge in [0.1, 0.15) is 46.8 Å². The van der Waals surface area contributed by atoms with Crippen LogP contribution in [0.3, 0.4) is 0 Å². The van der Waals surface area contributed by atoms with Crippen molar-refractivity contribution in [3.8, 4) is 5.75 Å². The molecule has 0 radical (unpaired) electrons. The summed E-state index contributed by atoms with van der Waals surface area (Å²) in [6.45, 7) is 10.4. The number of amides is 5. The number of rotatable bonds is 28. The molecule has 0 aliphatic carbocycles. The highest BCUT2D eigenvalue weighted by Crippen LogP contribution is 2.37. The number of unbranched alkanes of at least 4 members (excludes halogenated alkanes) is 2. The highest BCUT2D eigenvalue weighted by Gasteiger charge is 2.44. The molecule has 1 fully saturated rings. The lowest BCUT2D eigenvalue weighted by Crippen LogP contribution is -2.62. The summed E-state index contributed by atoms with van der Waals surface area (Å²) in [4.78, 5) is 81.8. The van der Waals surface area contributed by atoms with Gasteiger partial charge in [-0.2, -0.15) is 13.5 Å². The molecule has 5 amide bonds. The van der Waals surface area contributed by atoms with Crippen molar-refractivity contribution >= 4 is 80.2 Å². The Morgan fingerprint density at radius 1 is 1.05 bits per heavy atom. The standard InChI is InChI=1S/C56H74ClN7O16S/c1-11-34(2)27-37-28-43(52(57)44(29-37)77-10)63(8)50(68)31-46(55(5,6)78-26-24-41-32-56(72,36(4)76-9)59-54(71)79-41)80-51(69)33-62(7)40-19-16-38(17-20-40)35(3)60-61-53(70)42-21-18-39(30-45(42)81(73,74)75)58-47(65)15-13-12-14-25-64-48(66)22-23-49(64)67/h11,16-23,28-30,36,41,46,48,66,72H,12-15,24-27,31-33H2,1-10H3,(H,58,65)(H,59,71)(H,61,70)(H,73,74,75)/b34-11+,60-35+/t36-,41?,46+,48?,56+/m1/s1. The number of allylic oxidation sites excluding steroid dienone is 2. The average Bonchev–Trinajstić information content (AvgIpc) is 3.73. The van der Waals surface area contributed by atoms with Crippen LogP contribution in [0, 0.1) is 0 Å². The van der Waals surface area contributed by atoms with Crippen molar-refractivity contribution in [2.45, 2.75) is 134 Å². The Labute approximate surface area is 477 Å². The lowest BCUT2D eigenvalue weighted by Gasteiger charge is -2.40. The SMILES string of the molecule is C/C=C(\C)Cc1cc(OC)c(Cl)c(N(C)C(=O)C[C@H](OC(=O)CN(C)c2ccc(/C(C)=N/NC(=O)c3ccc(NC(=O)CCCCCN4C(=O)C=CC4O)cc3S(=O)(=O)O)cc2)C(C)(C)OCCC2C[C@](O)([C@@H](C)OC)NC(=O)O2)c1. The van der Waals surface area contributed by atoms with Gasteiger partial charge in [-0.3, -0.25) is 33.8 Å². The zero-order valence-electron chi connectivity index (χ0n) is 47.2. The first-order valence-corrected chi connectivity index (χ1v) is 28.0. The number of aliphatic hydroxyl groups is 2. The lowest BCUT2D eigenvalue weighted by atomic mass is 9.96. The predicted molar refractivity (Wildman–Crippen MR) is 303 cm³/mol. The molecule has 3 aromatic rings. The molecule has 0 aromatic heterocycles. The van der Waals surface area contributed by atoms with E-state index in [4.69, 9.17) is 35.3 Å². The van der Waals surface area contributed by atoms with E-state index < -0.39 is 86.2 Å². The van der Waals surface area contributed by atoms with Crippen LogP contribution >= 0.6 is 11.6 Å². The molecule has 3 aromatic carbocycles. The van der Waals surface area contributed by atoms with Gasteiger partial charge in [-0.1, -0.05) is 41.8 Å². The van der Waals surface area contributed by atoms with Gasteiger partial charge in [0.05, 0.1) is 42.7 Å². The smallest absolute Gasteiger partial charge is 0.409 e. The topological polar surface area (TPSA) is 302 Å². The van der Waals surface area contributed by atoms with E-state index in [2.05, 4.69) is 21.2 Å². The number of ether oxygens (including phenoxy) is 5. The molecule has 0 spiro atoms. The van der Waals surface area contributed by atoms with Crippen LogP contribution in [0.5, 0.6) is 5.75 Å². The van der Waals surface area contributed by atoms with E-state index >= 15 is 0 Å². The Kier molecular flexibility index (Phi) is 23.0. The first-order chi connectivity index (χ1) is 38.1. The molecule has 25 heteroatoms. The molecule has 0 bridgehead atoms. The molecule has 5 rings (SSSR count). The fraction of sp³-hybridized carbons (Fsp3) is 0.482. The molecule has 81 heavy (non-hydrogen) atoms. The van der Waals surface area contributed by atoms with E-state index in [1.165, 1.54) is 42.2 Å². The summed E-state index contributed by atoms with van der Waals surface area (Å²) in [6.07, 6.45) is 2.09. The average molecular weight is 1170 g/mol. The fourth-order valence-electron chi connectivity index (χ4n) is 8.79. The van der Waals surface area contributed by atoms with Crippen LogP contribution in [0.4, 0.5) is 21.9 Å². The highest BCUT2D eigenvalue weighted by atomic mass is 35.5. The van der Waals surface area contributed by atoms with Crippen LogP contribution in [-0.4, -0.2) is 153 Å². The molecule has 0 saturated carbocycles. The molecule has 23 nitrogen and oxygen atoms in total. The number of hydrogen-bond donors (Lipinski definition) is 6. The third-order valence-electron chi connectivity index (χ3n) is 14.0. The van der Waals surface area contributed by atoms with Crippen LogP contribution in [0.2, 0.25) is 5.02 Å². The molecule has 2 unspecified atom stereocenters. The lowest BCUT2D eigenvalue weighted by molar-refractivity contribution is -0.173. The van der Waals surface area contributed by atoms with Crippen LogP contribution in [0.15, 0.2) is 88.4 Å². The summed E-state index contributed by atoms with van der Waals surface area (Å²) >= 11 is 6.78. The summed E-state index contributed by atoms with van der Waals surface area (Å²) in [7, 11) is 1.12. The fourth-order valence-corrected chi connectivity index (χ4v) is 9.82. The van der Waals surface area contributed by atoms with Crippen molar-refractivity contribution in [2.75, 3.05) is 63.1 Å². The van der Waals surface area contributed by atoms with Gasteiger partial charge in [-0.25, -0.2) is 10.2 Å². The molecule has 442 valence electrons. The number of anilines is 3. The minimum Gasteiger partial charge on any atom is -0.495 e. The number of nitrogens with zero attached hydrogens (tertiary/aromatic N) is 4. The maximum absolute atomic E-state index is 14.3. The van der Waals surface area contributed by atoms with E-state index in [1.54, 1.807) is 83.1 Å². The number of carbonyl (C=O) groups is 6. The van der Waals surface area contributed by atoms with Crippen LogP contribution in [0.25, 0.3) is 0 Å². The number of hydrogen-bond acceptors (Lipinski definition) is 17. The first-order valence-electron chi connectivity index (χ1n) is 26.2. The molecular weight excluding hydrogens is 1090 g/mol. The minimum absolute atomic E-state index is 0.00522. The summed E-state index contributed by atoms with van der Waals surface area (Å²) in [5.74, 6) is -2.54. The molecule has 2 heterocycles. The second kappa shape index (κ2) is 28.7. The molecule has 6 N–H and O–H groups in total. The number of hydrazone groups is 1. The van der Waals surface area contributed by atoms with Crippen molar-refractivity contribution in [1.82, 2.24) is 15.6 Å². The first kappa shape index (κ1) is 64.9. The van der Waals surface area contributed by atoms with Crippen molar-refractivity contribution < 1.29 is 75.6 Å². The van der Waals surface area contributed by atoms with Gasteiger partial charge in [-0.15, -0.1) is 0 Å². The maximum atomic E-state index is 14.3. The largest absolute Gasteiger partial charge is 0.495 e. The zero-order chi connectivity index (χ0) is 60.0. The number of halogens is 1. The minimum atomic E-state index is -4.96. The van der Waals surface area contributed by atoms with Gasteiger partial charge < -0.3 is 53.9 Å². The van der Waals surface area contributed by atoms with Gasteiger partial charge >= 0.3 is 12.1 Å². The normalized spacial score (nSPS) is 18.4. The number of aliphatic hydroxyl groups excluding tert-OH is 1. The number of methoxy groups -OCH3 is 2. The number of cyclic esters (lactones) is 1. The quantitative estimate of drug-likeness (QED) is 0.0116. The maximum Gasteiger partial charge on any atom is 0.409 e. The van der Waals surface area contributed by atoms with E-state index in [9.17, 15) is 52.0 Å². The highest BCUT2D eigenvalue weighted by molar-refractivity contribution is 7.86. The Morgan fingerprint density at radius 2 is 1.75 bits per heavy atom. The van der Waals surface area contributed by atoms with Gasteiger partial charge in [0.15, 0.2) is 5.72 Å². The van der Waals surface area contributed by atoms with Crippen LogP contribution < -0.4 is 30.6 Å².